The molecule has 18 heavy (non-hydrogen) atoms. The van der Waals surface area contributed by atoms with Crippen molar-refractivity contribution < 1.29 is 0 Å². The van der Waals surface area contributed by atoms with Crippen LogP contribution in [0.4, 0.5) is 0 Å². The minimum absolute atomic E-state index is 1.10. The van der Waals surface area contributed by atoms with Gasteiger partial charge in [-0.15, -0.1) is 0 Å². The third-order valence-corrected chi connectivity index (χ3v) is 4.34. The number of hydrogen-bond donors (Lipinski definition) is 0. The van der Waals surface area contributed by atoms with Crippen molar-refractivity contribution in [2.45, 2.75) is 0 Å². The first kappa shape index (κ1) is 11.9. The summed E-state index contributed by atoms with van der Waals surface area (Å²) in [4.78, 5) is 0. The SMILES string of the molecule is Brc1cccc(Br)c1-c1cccc2ccccc12. The zero-order chi connectivity index (χ0) is 12.5. The number of rotatable bonds is 1. The van der Waals surface area contributed by atoms with Crippen LogP contribution in [0.1, 0.15) is 0 Å². The number of hydrogen-bond acceptors (Lipinski definition) is 0. The zero-order valence-electron chi connectivity index (χ0n) is 9.53. The van der Waals surface area contributed by atoms with Gasteiger partial charge in [-0.1, -0.05) is 80.4 Å². The molecule has 3 aromatic carbocycles. The largest absolute Gasteiger partial charge is 0.0616 e. The monoisotopic (exact) mass is 360 g/mol. The van der Waals surface area contributed by atoms with Gasteiger partial charge in [0.15, 0.2) is 0 Å². The van der Waals surface area contributed by atoms with Crippen molar-refractivity contribution in [3.8, 4) is 11.1 Å². The van der Waals surface area contributed by atoms with E-state index in [2.05, 4.69) is 86.5 Å². The highest BCUT2D eigenvalue weighted by Gasteiger charge is 2.10. The Kier molecular flexibility index (Phi) is 3.23. The highest BCUT2D eigenvalue weighted by Crippen LogP contribution is 2.38. The van der Waals surface area contributed by atoms with Gasteiger partial charge in [-0.05, 0) is 28.5 Å². The number of halogens is 2. The van der Waals surface area contributed by atoms with E-state index in [0.717, 1.165) is 8.95 Å². The van der Waals surface area contributed by atoms with E-state index < -0.39 is 0 Å². The summed E-state index contributed by atoms with van der Waals surface area (Å²) >= 11 is 7.28. The molecular formula is C16H10Br2. The standard InChI is InChI=1S/C16H10Br2/c17-14-9-4-10-15(18)16(14)13-8-3-6-11-5-1-2-7-12(11)13/h1-10H. The maximum atomic E-state index is 3.64. The van der Waals surface area contributed by atoms with Crippen molar-refractivity contribution in [1.82, 2.24) is 0 Å². The molecule has 0 aromatic heterocycles. The van der Waals surface area contributed by atoms with Gasteiger partial charge in [-0.2, -0.15) is 0 Å². The van der Waals surface area contributed by atoms with E-state index in [1.54, 1.807) is 0 Å². The van der Waals surface area contributed by atoms with E-state index >= 15 is 0 Å². The Labute approximate surface area is 123 Å². The lowest BCUT2D eigenvalue weighted by atomic mass is 9.98. The smallest absolute Gasteiger partial charge is 0.0265 e. The summed E-state index contributed by atoms with van der Waals surface area (Å²) in [5, 5.41) is 2.53. The molecule has 88 valence electrons. The van der Waals surface area contributed by atoms with Crippen LogP contribution in [-0.4, -0.2) is 0 Å². The molecule has 0 atom stereocenters. The van der Waals surface area contributed by atoms with Crippen molar-refractivity contribution in [2.75, 3.05) is 0 Å². The van der Waals surface area contributed by atoms with Gasteiger partial charge in [0.1, 0.15) is 0 Å². The lowest BCUT2D eigenvalue weighted by molar-refractivity contribution is 1.57. The van der Waals surface area contributed by atoms with Crippen molar-refractivity contribution in [2.24, 2.45) is 0 Å². The average molecular weight is 362 g/mol. The molecule has 0 aliphatic carbocycles. The van der Waals surface area contributed by atoms with Crippen LogP contribution < -0.4 is 0 Å². The van der Waals surface area contributed by atoms with Crippen LogP contribution in [0.5, 0.6) is 0 Å². The van der Waals surface area contributed by atoms with Crippen LogP contribution in [-0.2, 0) is 0 Å². The van der Waals surface area contributed by atoms with Crippen LogP contribution in [0.25, 0.3) is 21.9 Å². The fourth-order valence-corrected chi connectivity index (χ4v) is 3.62. The van der Waals surface area contributed by atoms with Gasteiger partial charge in [-0.25, -0.2) is 0 Å². The first-order valence-corrected chi connectivity index (χ1v) is 7.28. The van der Waals surface area contributed by atoms with Crippen molar-refractivity contribution in [3.63, 3.8) is 0 Å². The Morgan fingerprint density at radius 1 is 0.611 bits per heavy atom. The molecule has 2 heteroatoms. The van der Waals surface area contributed by atoms with Crippen molar-refractivity contribution >= 4 is 42.6 Å². The van der Waals surface area contributed by atoms with Gasteiger partial charge in [-0.3, -0.25) is 0 Å². The summed E-state index contributed by atoms with van der Waals surface area (Å²) in [7, 11) is 0. The van der Waals surface area contributed by atoms with Gasteiger partial charge in [0, 0.05) is 14.5 Å². The normalized spacial score (nSPS) is 10.8. The molecule has 0 bridgehead atoms. The molecule has 0 N–H and O–H groups in total. The summed E-state index contributed by atoms with van der Waals surface area (Å²) < 4.78 is 2.21. The van der Waals surface area contributed by atoms with E-state index in [1.165, 1.54) is 21.9 Å². The van der Waals surface area contributed by atoms with E-state index in [9.17, 15) is 0 Å². The lowest BCUT2D eigenvalue weighted by Gasteiger charge is -2.10. The molecule has 0 aliphatic rings. The molecule has 0 saturated carbocycles. The van der Waals surface area contributed by atoms with Gasteiger partial charge < -0.3 is 0 Å². The molecule has 0 heterocycles. The van der Waals surface area contributed by atoms with Crippen LogP contribution in [0, 0.1) is 0 Å². The summed E-state index contributed by atoms with van der Waals surface area (Å²) in [5.74, 6) is 0. The minimum Gasteiger partial charge on any atom is -0.0616 e. The Morgan fingerprint density at radius 2 is 1.22 bits per heavy atom. The molecule has 0 unspecified atom stereocenters. The van der Waals surface area contributed by atoms with E-state index in [-0.39, 0.29) is 0 Å². The molecule has 0 fully saturated rings. The predicted molar refractivity (Wildman–Crippen MR) is 84.8 cm³/mol. The zero-order valence-corrected chi connectivity index (χ0v) is 12.7. The average Bonchev–Trinajstić information content (AvgIpc) is 2.39. The summed E-state index contributed by atoms with van der Waals surface area (Å²) in [6.45, 7) is 0. The first-order chi connectivity index (χ1) is 8.77. The fraction of sp³-hybridized carbons (Fsp3) is 0. The summed E-state index contributed by atoms with van der Waals surface area (Å²) in [5.41, 5.74) is 2.45. The summed E-state index contributed by atoms with van der Waals surface area (Å²) in [6.07, 6.45) is 0. The van der Waals surface area contributed by atoms with Gasteiger partial charge >= 0.3 is 0 Å². The van der Waals surface area contributed by atoms with Gasteiger partial charge in [0.05, 0.1) is 0 Å². The Bertz CT molecular complexity index is 692. The maximum Gasteiger partial charge on any atom is 0.0265 e. The highest BCUT2D eigenvalue weighted by atomic mass is 79.9. The molecule has 0 nitrogen and oxygen atoms in total. The van der Waals surface area contributed by atoms with Crippen molar-refractivity contribution in [3.05, 3.63) is 69.6 Å². The van der Waals surface area contributed by atoms with Crippen LogP contribution in [0.15, 0.2) is 69.6 Å². The molecule has 3 rings (SSSR count). The minimum atomic E-state index is 1.10. The third kappa shape index (κ3) is 2.00. The third-order valence-electron chi connectivity index (χ3n) is 3.02. The van der Waals surface area contributed by atoms with Gasteiger partial charge in [0.25, 0.3) is 0 Å². The van der Waals surface area contributed by atoms with Crippen LogP contribution in [0.3, 0.4) is 0 Å². The second kappa shape index (κ2) is 4.87. The first-order valence-electron chi connectivity index (χ1n) is 5.69. The quantitative estimate of drug-likeness (QED) is 0.496. The molecule has 0 amide bonds. The van der Waals surface area contributed by atoms with Crippen LogP contribution >= 0.6 is 31.9 Å². The van der Waals surface area contributed by atoms with Gasteiger partial charge in [0.2, 0.25) is 0 Å². The van der Waals surface area contributed by atoms with E-state index in [4.69, 9.17) is 0 Å². The molecule has 0 radical (unpaired) electrons. The predicted octanol–water partition coefficient (Wildman–Crippen LogP) is 6.03. The Balaban J connectivity index is 2.39. The fourth-order valence-electron chi connectivity index (χ4n) is 2.20. The topological polar surface area (TPSA) is 0 Å². The second-order valence-corrected chi connectivity index (χ2v) is 5.83. The van der Waals surface area contributed by atoms with E-state index in [1.807, 2.05) is 6.07 Å². The molecule has 3 aromatic rings. The molecular weight excluding hydrogens is 352 g/mol. The van der Waals surface area contributed by atoms with Crippen molar-refractivity contribution in [1.29, 1.82) is 0 Å². The van der Waals surface area contributed by atoms with Crippen LogP contribution in [0.2, 0.25) is 0 Å². The Hall–Kier alpha value is -1.12. The highest BCUT2D eigenvalue weighted by molar-refractivity contribution is 9.11. The molecule has 0 aliphatic heterocycles. The van der Waals surface area contributed by atoms with E-state index in [0.29, 0.717) is 0 Å². The molecule has 0 saturated heterocycles. The lowest BCUT2D eigenvalue weighted by Crippen LogP contribution is -1.84. The second-order valence-electron chi connectivity index (χ2n) is 4.12. The molecule has 0 spiro atoms. The maximum absolute atomic E-state index is 3.64. The number of benzene rings is 3. The number of fused-ring (bicyclic) bond motifs is 1. The Morgan fingerprint density at radius 3 is 2.00 bits per heavy atom. The summed E-state index contributed by atoms with van der Waals surface area (Å²) in [6, 6.07) is 21.0.